The van der Waals surface area contributed by atoms with Crippen LogP contribution in [0.4, 0.5) is 0 Å². The summed E-state index contributed by atoms with van der Waals surface area (Å²) in [6.07, 6.45) is 2.08. The number of carbonyl (C=O) groups excluding carboxylic acids is 1. The Bertz CT molecular complexity index is 284. The van der Waals surface area contributed by atoms with Crippen molar-refractivity contribution in [2.24, 2.45) is 0 Å². The number of unbranched alkanes of at least 4 members (excludes halogenated alkanes) is 1. The number of hydrogen-bond acceptors (Lipinski definition) is 3. The third-order valence-corrected chi connectivity index (χ3v) is 1.78. The molecule has 0 heterocycles. The van der Waals surface area contributed by atoms with Crippen LogP contribution < -0.4 is 9.47 Å². The SMILES string of the molecule is CCCCOc1ccccc1OC=O. The lowest BCUT2D eigenvalue weighted by molar-refractivity contribution is -0.120. The van der Waals surface area contributed by atoms with Gasteiger partial charge in [0.15, 0.2) is 11.5 Å². The van der Waals surface area contributed by atoms with Crippen LogP contribution in [0, 0.1) is 0 Å². The highest BCUT2D eigenvalue weighted by Crippen LogP contribution is 2.25. The van der Waals surface area contributed by atoms with E-state index >= 15 is 0 Å². The van der Waals surface area contributed by atoms with E-state index in [9.17, 15) is 4.79 Å². The van der Waals surface area contributed by atoms with Gasteiger partial charge in [-0.3, -0.25) is 4.79 Å². The Morgan fingerprint density at radius 2 is 2.00 bits per heavy atom. The number of hydrogen-bond donors (Lipinski definition) is 0. The lowest BCUT2D eigenvalue weighted by Crippen LogP contribution is -1.99. The summed E-state index contributed by atoms with van der Waals surface area (Å²) in [6.45, 7) is 3.15. The molecule has 0 spiro atoms. The van der Waals surface area contributed by atoms with Gasteiger partial charge in [-0.2, -0.15) is 0 Å². The van der Waals surface area contributed by atoms with E-state index in [1.807, 2.05) is 6.07 Å². The predicted molar refractivity (Wildman–Crippen MR) is 53.5 cm³/mol. The maximum absolute atomic E-state index is 10.2. The van der Waals surface area contributed by atoms with Crippen LogP contribution in [0.2, 0.25) is 0 Å². The number of ether oxygens (including phenoxy) is 2. The minimum atomic E-state index is 0.405. The molecule has 0 aromatic heterocycles. The molecule has 1 aromatic rings. The van der Waals surface area contributed by atoms with Crippen LogP contribution in [0.3, 0.4) is 0 Å². The molecule has 0 amide bonds. The molecule has 0 bridgehead atoms. The molecule has 0 fully saturated rings. The second kappa shape index (κ2) is 6.02. The molecule has 76 valence electrons. The van der Waals surface area contributed by atoms with Gasteiger partial charge < -0.3 is 9.47 Å². The normalized spacial score (nSPS) is 9.50. The lowest BCUT2D eigenvalue weighted by atomic mass is 10.3. The monoisotopic (exact) mass is 194 g/mol. The van der Waals surface area contributed by atoms with Crippen LogP contribution in [0.25, 0.3) is 0 Å². The summed E-state index contributed by atoms with van der Waals surface area (Å²) in [6, 6.07) is 7.13. The van der Waals surface area contributed by atoms with Gasteiger partial charge >= 0.3 is 0 Å². The predicted octanol–water partition coefficient (Wildman–Crippen LogP) is 2.40. The number of carbonyl (C=O) groups is 1. The molecule has 0 unspecified atom stereocenters. The maximum Gasteiger partial charge on any atom is 0.298 e. The van der Waals surface area contributed by atoms with Gasteiger partial charge in [0.1, 0.15) is 0 Å². The van der Waals surface area contributed by atoms with Crippen molar-refractivity contribution in [2.45, 2.75) is 19.8 Å². The van der Waals surface area contributed by atoms with Gasteiger partial charge in [0.25, 0.3) is 6.47 Å². The van der Waals surface area contributed by atoms with Crippen molar-refractivity contribution < 1.29 is 14.3 Å². The van der Waals surface area contributed by atoms with Gasteiger partial charge in [-0.05, 0) is 18.6 Å². The van der Waals surface area contributed by atoms with Crippen LogP contribution in [0.15, 0.2) is 24.3 Å². The number of rotatable bonds is 6. The number of benzene rings is 1. The van der Waals surface area contributed by atoms with Gasteiger partial charge in [0.2, 0.25) is 0 Å². The highest BCUT2D eigenvalue weighted by molar-refractivity contribution is 5.50. The zero-order valence-corrected chi connectivity index (χ0v) is 8.23. The maximum atomic E-state index is 10.2. The molecule has 3 nitrogen and oxygen atoms in total. The van der Waals surface area contributed by atoms with Crippen molar-refractivity contribution in [3.63, 3.8) is 0 Å². The average molecular weight is 194 g/mol. The van der Waals surface area contributed by atoms with Crippen molar-refractivity contribution >= 4 is 6.47 Å². The van der Waals surface area contributed by atoms with Crippen molar-refractivity contribution in [1.82, 2.24) is 0 Å². The highest BCUT2D eigenvalue weighted by Gasteiger charge is 2.02. The Balaban J connectivity index is 2.59. The van der Waals surface area contributed by atoms with Crippen molar-refractivity contribution in [1.29, 1.82) is 0 Å². The van der Waals surface area contributed by atoms with E-state index in [0.29, 0.717) is 24.6 Å². The first-order valence-electron chi connectivity index (χ1n) is 4.70. The molecule has 0 N–H and O–H groups in total. The summed E-state index contributed by atoms with van der Waals surface area (Å²) in [5, 5.41) is 0. The van der Waals surface area contributed by atoms with Crippen LogP contribution in [0.1, 0.15) is 19.8 Å². The van der Waals surface area contributed by atoms with E-state index in [2.05, 4.69) is 6.92 Å². The smallest absolute Gasteiger partial charge is 0.298 e. The van der Waals surface area contributed by atoms with Crippen molar-refractivity contribution in [3.8, 4) is 11.5 Å². The van der Waals surface area contributed by atoms with Crippen LogP contribution in [-0.2, 0) is 4.79 Å². The quantitative estimate of drug-likeness (QED) is 0.515. The van der Waals surface area contributed by atoms with E-state index in [1.165, 1.54) is 0 Å². The summed E-state index contributed by atoms with van der Waals surface area (Å²) < 4.78 is 10.2. The third-order valence-electron chi connectivity index (χ3n) is 1.78. The molecule has 0 aliphatic carbocycles. The summed E-state index contributed by atoms with van der Waals surface area (Å²) in [7, 11) is 0. The summed E-state index contributed by atoms with van der Waals surface area (Å²) in [5.74, 6) is 1.09. The first-order chi connectivity index (χ1) is 6.88. The summed E-state index contributed by atoms with van der Waals surface area (Å²) in [5.41, 5.74) is 0. The first kappa shape index (κ1) is 10.6. The molecule has 0 atom stereocenters. The Labute approximate surface area is 83.6 Å². The highest BCUT2D eigenvalue weighted by atomic mass is 16.5. The Kier molecular flexibility index (Phi) is 4.55. The molecule has 1 aromatic carbocycles. The van der Waals surface area contributed by atoms with Crippen LogP contribution >= 0.6 is 0 Å². The molecular weight excluding hydrogens is 180 g/mol. The Morgan fingerprint density at radius 3 is 2.64 bits per heavy atom. The fourth-order valence-corrected chi connectivity index (χ4v) is 1.05. The van der Waals surface area contributed by atoms with E-state index in [0.717, 1.165) is 12.8 Å². The Morgan fingerprint density at radius 1 is 1.29 bits per heavy atom. The second-order valence-electron chi connectivity index (χ2n) is 2.86. The van der Waals surface area contributed by atoms with Gasteiger partial charge in [0, 0.05) is 0 Å². The van der Waals surface area contributed by atoms with E-state index in [1.54, 1.807) is 18.2 Å². The van der Waals surface area contributed by atoms with Gasteiger partial charge in [0.05, 0.1) is 6.61 Å². The van der Waals surface area contributed by atoms with Gasteiger partial charge in [-0.15, -0.1) is 0 Å². The molecule has 1 rings (SSSR count). The molecule has 0 radical (unpaired) electrons. The largest absolute Gasteiger partial charge is 0.490 e. The summed E-state index contributed by atoms with van der Waals surface area (Å²) in [4.78, 5) is 10.2. The second-order valence-corrected chi connectivity index (χ2v) is 2.86. The molecule has 0 saturated heterocycles. The van der Waals surface area contributed by atoms with E-state index in [-0.39, 0.29) is 0 Å². The number of para-hydroxylation sites is 2. The molecule has 0 aliphatic rings. The van der Waals surface area contributed by atoms with Crippen molar-refractivity contribution in [2.75, 3.05) is 6.61 Å². The lowest BCUT2D eigenvalue weighted by Gasteiger charge is -2.08. The van der Waals surface area contributed by atoms with Crippen LogP contribution in [-0.4, -0.2) is 13.1 Å². The van der Waals surface area contributed by atoms with Gasteiger partial charge in [-0.1, -0.05) is 25.5 Å². The molecule has 14 heavy (non-hydrogen) atoms. The molecular formula is C11H14O3. The third kappa shape index (κ3) is 3.09. The fraction of sp³-hybridized carbons (Fsp3) is 0.364. The summed E-state index contributed by atoms with van der Waals surface area (Å²) >= 11 is 0. The molecule has 0 saturated carbocycles. The minimum Gasteiger partial charge on any atom is -0.490 e. The van der Waals surface area contributed by atoms with E-state index < -0.39 is 0 Å². The zero-order valence-electron chi connectivity index (χ0n) is 8.23. The average Bonchev–Trinajstić information content (AvgIpc) is 2.21. The standard InChI is InChI=1S/C11H14O3/c1-2-3-8-13-10-6-4-5-7-11(10)14-9-12/h4-7,9H,2-3,8H2,1H3. The van der Waals surface area contributed by atoms with E-state index in [4.69, 9.17) is 9.47 Å². The van der Waals surface area contributed by atoms with Gasteiger partial charge in [-0.25, -0.2) is 0 Å². The first-order valence-corrected chi connectivity index (χ1v) is 4.70. The minimum absolute atomic E-state index is 0.405. The fourth-order valence-electron chi connectivity index (χ4n) is 1.05. The zero-order chi connectivity index (χ0) is 10.2. The van der Waals surface area contributed by atoms with Crippen LogP contribution in [0.5, 0.6) is 11.5 Å². The topological polar surface area (TPSA) is 35.5 Å². The molecule has 0 aliphatic heterocycles. The molecule has 3 heteroatoms. The van der Waals surface area contributed by atoms with Crippen molar-refractivity contribution in [3.05, 3.63) is 24.3 Å². The Hall–Kier alpha value is -1.51.